The summed E-state index contributed by atoms with van der Waals surface area (Å²) in [4.78, 5) is 11.6. The molecule has 3 rings (SSSR count). The van der Waals surface area contributed by atoms with Gasteiger partial charge in [-0.2, -0.15) is 0 Å². The van der Waals surface area contributed by atoms with Gasteiger partial charge in [0, 0.05) is 0 Å². The Balaban J connectivity index is 2.12. The largest absolute Gasteiger partial charge is 0.344 e. The van der Waals surface area contributed by atoms with E-state index in [-0.39, 0.29) is 11.9 Å². The molecule has 0 bridgehead atoms. The molecule has 1 amide bonds. The van der Waals surface area contributed by atoms with Crippen molar-refractivity contribution in [3.05, 3.63) is 59.7 Å². The van der Waals surface area contributed by atoms with Crippen LogP contribution in [0.2, 0.25) is 0 Å². The lowest BCUT2D eigenvalue weighted by molar-refractivity contribution is -0.118. The zero-order valence-electron chi connectivity index (χ0n) is 9.69. The molecule has 0 atom stereocenters. The maximum absolute atomic E-state index is 11.6. The Morgan fingerprint density at radius 3 is 2.00 bits per heavy atom. The lowest BCUT2D eigenvalue weighted by Crippen LogP contribution is -2.28. The molecule has 2 aromatic rings. The van der Waals surface area contributed by atoms with Crippen LogP contribution < -0.4 is 5.32 Å². The molecule has 0 aromatic heterocycles. The number of carbonyl (C=O) groups excluding carboxylic acids is 1. The monoisotopic (exact) mass is 301 g/mol. The van der Waals surface area contributed by atoms with Crippen molar-refractivity contribution in [2.24, 2.45) is 0 Å². The van der Waals surface area contributed by atoms with Crippen molar-refractivity contribution in [3.63, 3.8) is 0 Å². The molecule has 0 radical (unpaired) electrons. The third-order valence-corrected chi connectivity index (χ3v) is 3.77. The second-order valence-corrected chi connectivity index (χ2v) is 4.87. The molecule has 0 fully saturated rings. The summed E-state index contributed by atoms with van der Waals surface area (Å²) < 4.78 is 0. The van der Waals surface area contributed by atoms with Crippen LogP contribution in [0.4, 0.5) is 0 Å². The molecule has 0 saturated heterocycles. The highest BCUT2D eigenvalue weighted by Crippen LogP contribution is 2.42. The Morgan fingerprint density at radius 2 is 1.50 bits per heavy atom. The summed E-state index contributed by atoms with van der Waals surface area (Å²) in [6.07, 6.45) is 0. The maximum Gasteiger partial charge on any atom is 0.231 e. The molecule has 0 aliphatic heterocycles. The Kier molecular flexibility index (Phi) is 2.92. The van der Waals surface area contributed by atoms with E-state index in [1.807, 2.05) is 24.3 Å². The van der Waals surface area contributed by atoms with Crippen LogP contribution in [-0.2, 0) is 4.79 Å². The van der Waals surface area contributed by atoms with Gasteiger partial charge in [-0.05, 0) is 22.3 Å². The van der Waals surface area contributed by atoms with Gasteiger partial charge in [-0.3, -0.25) is 4.79 Å². The highest BCUT2D eigenvalue weighted by Gasteiger charge is 2.28. The van der Waals surface area contributed by atoms with Crippen molar-refractivity contribution >= 4 is 21.8 Å². The SMILES string of the molecule is O=C(CBr)NC1c2ccccc2-c2ccccc21. The fraction of sp³-hybridized carbons (Fsp3) is 0.133. The predicted molar refractivity (Wildman–Crippen MR) is 75.7 cm³/mol. The summed E-state index contributed by atoms with van der Waals surface area (Å²) in [5, 5.41) is 3.38. The van der Waals surface area contributed by atoms with Crippen molar-refractivity contribution in [2.45, 2.75) is 6.04 Å². The van der Waals surface area contributed by atoms with Gasteiger partial charge in [-0.15, -0.1) is 0 Å². The third-order valence-electron chi connectivity index (χ3n) is 3.26. The molecular weight excluding hydrogens is 290 g/mol. The highest BCUT2D eigenvalue weighted by atomic mass is 79.9. The lowest BCUT2D eigenvalue weighted by atomic mass is 10.1. The summed E-state index contributed by atoms with van der Waals surface area (Å²) in [7, 11) is 0. The molecule has 90 valence electrons. The van der Waals surface area contributed by atoms with Gasteiger partial charge in [0.15, 0.2) is 0 Å². The molecule has 1 aliphatic rings. The standard InChI is InChI=1S/C15H12BrNO/c16-9-14(18)17-15-12-7-3-1-5-10(12)11-6-2-4-8-13(11)15/h1-8,15H,9H2,(H,17,18). The minimum Gasteiger partial charge on any atom is -0.344 e. The lowest BCUT2D eigenvalue weighted by Gasteiger charge is -2.14. The molecule has 1 N–H and O–H groups in total. The third kappa shape index (κ3) is 1.75. The molecule has 0 saturated carbocycles. The molecule has 18 heavy (non-hydrogen) atoms. The Bertz CT molecular complexity index is 563. The minimum absolute atomic E-state index is 0.00602. The van der Waals surface area contributed by atoms with Crippen LogP contribution in [0.5, 0.6) is 0 Å². The molecule has 2 nitrogen and oxygen atoms in total. The van der Waals surface area contributed by atoms with Gasteiger partial charge in [-0.25, -0.2) is 0 Å². The Labute approximate surface area is 114 Å². The van der Waals surface area contributed by atoms with E-state index < -0.39 is 0 Å². The molecule has 0 unspecified atom stereocenters. The number of alkyl halides is 1. The van der Waals surface area contributed by atoms with Gasteiger partial charge in [0.25, 0.3) is 0 Å². The summed E-state index contributed by atoms with van der Waals surface area (Å²) in [6, 6.07) is 16.4. The van der Waals surface area contributed by atoms with Gasteiger partial charge in [0.1, 0.15) is 0 Å². The van der Waals surface area contributed by atoms with Crippen LogP contribution in [0.15, 0.2) is 48.5 Å². The number of fused-ring (bicyclic) bond motifs is 3. The first-order valence-electron chi connectivity index (χ1n) is 5.85. The van der Waals surface area contributed by atoms with Crippen molar-refractivity contribution in [2.75, 3.05) is 5.33 Å². The van der Waals surface area contributed by atoms with E-state index >= 15 is 0 Å². The first-order chi connectivity index (χ1) is 8.81. The van der Waals surface area contributed by atoms with Gasteiger partial charge in [0.05, 0.1) is 11.4 Å². The second kappa shape index (κ2) is 4.58. The van der Waals surface area contributed by atoms with Gasteiger partial charge in [-0.1, -0.05) is 64.5 Å². The topological polar surface area (TPSA) is 29.1 Å². The quantitative estimate of drug-likeness (QED) is 0.848. The minimum atomic E-state index is -0.0255. The average molecular weight is 302 g/mol. The van der Waals surface area contributed by atoms with Crippen molar-refractivity contribution in [3.8, 4) is 11.1 Å². The molecule has 2 aromatic carbocycles. The highest BCUT2D eigenvalue weighted by molar-refractivity contribution is 9.09. The van der Waals surface area contributed by atoms with Crippen molar-refractivity contribution < 1.29 is 4.79 Å². The summed E-state index contributed by atoms with van der Waals surface area (Å²) in [6.45, 7) is 0. The van der Waals surface area contributed by atoms with E-state index in [1.165, 1.54) is 22.3 Å². The van der Waals surface area contributed by atoms with Gasteiger partial charge < -0.3 is 5.32 Å². The fourth-order valence-corrected chi connectivity index (χ4v) is 2.67. The summed E-state index contributed by atoms with van der Waals surface area (Å²) in [5.74, 6) is 0.00602. The summed E-state index contributed by atoms with van der Waals surface area (Å²) >= 11 is 3.19. The number of hydrogen-bond acceptors (Lipinski definition) is 1. The molecule has 3 heteroatoms. The van der Waals surface area contributed by atoms with Gasteiger partial charge >= 0.3 is 0 Å². The van der Waals surface area contributed by atoms with Crippen LogP contribution in [0.25, 0.3) is 11.1 Å². The molecular formula is C15H12BrNO. The van der Waals surface area contributed by atoms with E-state index in [1.54, 1.807) is 0 Å². The van der Waals surface area contributed by atoms with E-state index in [2.05, 4.69) is 45.5 Å². The van der Waals surface area contributed by atoms with E-state index in [0.29, 0.717) is 5.33 Å². The number of nitrogens with one attached hydrogen (secondary N) is 1. The van der Waals surface area contributed by atoms with Crippen LogP contribution in [0.3, 0.4) is 0 Å². The summed E-state index contributed by atoms with van der Waals surface area (Å²) in [5.41, 5.74) is 4.78. The van der Waals surface area contributed by atoms with Crippen LogP contribution >= 0.6 is 15.9 Å². The maximum atomic E-state index is 11.6. The number of rotatable bonds is 2. The zero-order valence-corrected chi connectivity index (χ0v) is 11.3. The molecule has 0 spiro atoms. The smallest absolute Gasteiger partial charge is 0.231 e. The molecule has 1 aliphatic carbocycles. The molecule has 0 heterocycles. The fourth-order valence-electron chi connectivity index (χ4n) is 2.51. The average Bonchev–Trinajstić information content (AvgIpc) is 2.74. The van der Waals surface area contributed by atoms with E-state index in [4.69, 9.17) is 0 Å². The number of carbonyl (C=O) groups is 1. The van der Waals surface area contributed by atoms with Crippen LogP contribution in [0, 0.1) is 0 Å². The first-order valence-corrected chi connectivity index (χ1v) is 6.97. The zero-order chi connectivity index (χ0) is 12.5. The van der Waals surface area contributed by atoms with Crippen molar-refractivity contribution in [1.82, 2.24) is 5.32 Å². The Morgan fingerprint density at radius 1 is 1.00 bits per heavy atom. The number of benzene rings is 2. The number of halogens is 1. The van der Waals surface area contributed by atoms with E-state index in [0.717, 1.165) is 0 Å². The van der Waals surface area contributed by atoms with E-state index in [9.17, 15) is 4.79 Å². The predicted octanol–water partition coefficient (Wildman–Crippen LogP) is 3.27. The van der Waals surface area contributed by atoms with Crippen LogP contribution in [-0.4, -0.2) is 11.2 Å². The number of amides is 1. The Hall–Kier alpha value is -1.61. The first kappa shape index (κ1) is 11.5. The number of hydrogen-bond donors (Lipinski definition) is 1. The second-order valence-electron chi connectivity index (χ2n) is 4.31. The van der Waals surface area contributed by atoms with Gasteiger partial charge in [0.2, 0.25) is 5.91 Å². The van der Waals surface area contributed by atoms with Crippen molar-refractivity contribution in [1.29, 1.82) is 0 Å². The van der Waals surface area contributed by atoms with Crippen LogP contribution in [0.1, 0.15) is 17.2 Å². The normalized spacial score (nSPS) is 12.9.